The number of nitrogens with zero attached hydrogens (tertiary/aromatic N) is 1. The Bertz CT molecular complexity index is 373. The van der Waals surface area contributed by atoms with Crippen LogP contribution in [0.15, 0.2) is 29.4 Å². The Balaban J connectivity index is 2.94. The van der Waals surface area contributed by atoms with Crippen molar-refractivity contribution in [2.24, 2.45) is 5.16 Å². The summed E-state index contributed by atoms with van der Waals surface area (Å²) in [5, 5.41) is 12.2. The first-order valence-electron chi connectivity index (χ1n) is 4.21. The second-order valence-electron chi connectivity index (χ2n) is 2.80. The molecule has 1 rings (SSSR count). The van der Waals surface area contributed by atoms with Gasteiger partial charge in [0.15, 0.2) is 0 Å². The number of hydrogen-bond acceptors (Lipinski definition) is 3. The molecule has 0 saturated heterocycles. The van der Waals surface area contributed by atoms with Gasteiger partial charge >= 0.3 is 5.97 Å². The number of carboxylic acids is 1. The molecule has 0 amide bonds. The van der Waals surface area contributed by atoms with E-state index in [9.17, 15) is 9.18 Å². The molecule has 0 bridgehead atoms. The number of rotatable bonds is 4. The number of aliphatic carboxylic acids is 1. The van der Waals surface area contributed by atoms with E-state index < -0.39 is 5.97 Å². The lowest BCUT2D eigenvalue weighted by atomic mass is 10.1. The van der Waals surface area contributed by atoms with Gasteiger partial charge in [-0.1, -0.05) is 17.3 Å². The van der Waals surface area contributed by atoms with Gasteiger partial charge in [-0.3, -0.25) is 4.79 Å². The molecule has 0 aliphatic rings. The number of benzene rings is 1. The van der Waals surface area contributed by atoms with Crippen LogP contribution in [0.4, 0.5) is 4.39 Å². The van der Waals surface area contributed by atoms with Crippen molar-refractivity contribution in [1.29, 1.82) is 0 Å². The monoisotopic (exact) mass is 211 g/mol. The summed E-state index contributed by atoms with van der Waals surface area (Å²) in [5.41, 5.74) is 0.783. The molecule has 1 aromatic carbocycles. The molecule has 1 aromatic rings. The van der Waals surface area contributed by atoms with Crippen molar-refractivity contribution in [3.05, 3.63) is 35.6 Å². The number of oxime groups is 1. The summed E-state index contributed by atoms with van der Waals surface area (Å²) < 4.78 is 12.6. The van der Waals surface area contributed by atoms with Gasteiger partial charge in [0, 0.05) is 5.56 Å². The molecule has 0 aliphatic carbocycles. The second-order valence-corrected chi connectivity index (χ2v) is 2.80. The van der Waals surface area contributed by atoms with Crippen molar-refractivity contribution in [1.82, 2.24) is 0 Å². The standard InChI is InChI=1S/C10H10FNO3/c1-15-12-9(6-10(13)14)7-2-4-8(11)5-3-7/h2-5H,6H2,1H3,(H,13,14)/b12-9+. The Hall–Kier alpha value is -1.91. The van der Waals surface area contributed by atoms with Crippen molar-refractivity contribution < 1.29 is 19.1 Å². The molecule has 5 heteroatoms. The summed E-state index contributed by atoms with van der Waals surface area (Å²) in [7, 11) is 1.32. The predicted molar refractivity (Wildman–Crippen MR) is 52.2 cm³/mol. The molecule has 0 unspecified atom stereocenters. The third-order valence-corrected chi connectivity index (χ3v) is 1.70. The quantitative estimate of drug-likeness (QED) is 0.608. The molecule has 0 spiro atoms. The highest BCUT2D eigenvalue weighted by atomic mass is 19.1. The first kappa shape index (κ1) is 11.2. The first-order chi connectivity index (χ1) is 7.13. The average molecular weight is 211 g/mol. The predicted octanol–water partition coefficient (Wildman–Crippen LogP) is 1.65. The SMILES string of the molecule is CO/N=C(\CC(=O)O)c1ccc(F)cc1. The molecule has 0 fully saturated rings. The Morgan fingerprint density at radius 2 is 2.07 bits per heavy atom. The smallest absolute Gasteiger partial charge is 0.309 e. The lowest BCUT2D eigenvalue weighted by molar-refractivity contribution is -0.135. The molecule has 0 atom stereocenters. The van der Waals surface area contributed by atoms with Crippen molar-refractivity contribution in [3.63, 3.8) is 0 Å². The van der Waals surface area contributed by atoms with Gasteiger partial charge in [-0.25, -0.2) is 4.39 Å². The molecule has 0 aliphatic heterocycles. The van der Waals surface area contributed by atoms with Gasteiger partial charge in [-0.05, 0) is 12.1 Å². The van der Waals surface area contributed by atoms with Crippen LogP contribution in [0.25, 0.3) is 0 Å². The zero-order chi connectivity index (χ0) is 11.3. The molecule has 4 nitrogen and oxygen atoms in total. The lowest BCUT2D eigenvalue weighted by Crippen LogP contribution is -2.09. The third kappa shape index (κ3) is 3.38. The van der Waals surface area contributed by atoms with Crippen LogP contribution in [-0.4, -0.2) is 23.9 Å². The van der Waals surface area contributed by atoms with E-state index in [1.54, 1.807) is 0 Å². The Kier molecular flexibility index (Phi) is 3.79. The number of halogens is 1. The molecule has 0 radical (unpaired) electrons. The van der Waals surface area contributed by atoms with Gasteiger partial charge in [0.2, 0.25) is 0 Å². The van der Waals surface area contributed by atoms with Gasteiger partial charge in [0.25, 0.3) is 0 Å². The maximum absolute atomic E-state index is 12.6. The summed E-state index contributed by atoms with van der Waals surface area (Å²) in [6.07, 6.45) is -0.264. The van der Waals surface area contributed by atoms with Crippen LogP contribution < -0.4 is 0 Å². The van der Waals surface area contributed by atoms with Crippen LogP contribution in [-0.2, 0) is 9.63 Å². The molecule has 0 heterocycles. The first-order valence-corrected chi connectivity index (χ1v) is 4.21. The number of carbonyl (C=O) groups is 1. The maximum Gasteiger partial charge on any atom is 0.309 e. The zero-order valence-electron chi connectivity index (χ0n) is 8.11. The number of hydrogen-bond donors (Lipinski definition) is 1. The van der Waals surface area contributed by atoms with Crippen LogP contribution >= 0.6 is 0 Å². The van der Waals surface area contributed by atoms with Crippen LogP contribution in [0.1, 0.15) is 12.0 Å². The summed E-state index contributed by atoms with van der Waals surface area (Å²) in [5.74, 6) is -1.40. The van der Waals surface area contributed by atoms with Crippen LogP contribution in [0.2, 0.25) is 0 Å². The molecule has 0 aromatic heterocycles. The highest BCUT2D eigenvalue weighted by Gasteiger charge is 2.09. The molecule has 1 N–H and O–H groups in total. The highest BCUT2D eigenvalue weighted by Crippen LogP contribution is 2.07. The van der Waals surface area contributed by atoms with Gasteiger partial charge in [0.1, 0.15) is 12.9 Å². The zero-order valence-corrected chi connectivity index (χ0v) is 8.11. The summed E-state index contributed by atoms with van der Waals surface area (Å²) in [6.45, 7) is 0. The van der Waals surface area contributed by atoms with Crippen LogP contribution in [0, 0.1) is 5.82 Å². The molecule has 80 valence electrons. The number of carboxylic acid groups (broad SMARTS) is 1. The fourth-order valence-electron chi connectivity index (χ4n) is 1.08. The van der Waals surface area contributed by atoms with Gasteiger partial charge in [-0.2, -0.15) is 0 Å². The van der Waals surface area contributed by atoms with Crippen LogP contribution in [0.3, 0.4) is 0 Å². The van der Waals surface area contributed by atoms with Crippen molar-refractivity contribution in [2.45, 2.75) is 6.42 Å². The van der Waals surface area contributed by atoms with E-state index in [1.807, 2.05) is 0 Å². The highest BCUT2D eigenvalue weighted by molar-refractivity contribution is 6.08. The molecular formula is C10H10FNO3. The van der Waals surface area contributed by atoms with E-state index in [-0.39, 0.29) is 17.9 Å². The minimum atomic E-state index is -1.02. The minimum absolute atomic E-state index is 0.255. The van der Waals surface area contributed by atoms with E-state index in [4.69, 9.17) is 5.11 Å². The summed E-state index contributed by atoms with van der Waals surface area (Å²) >= 11 is 0. The molecule has 15 heavy (non-hydrogen) atoms. The second kappa shape index (κ2) is 5.09. The van der Waals surface area contributed by atoms with E-state index >= 15 is 0 Å². The lowest BCUT2D eigenvalue weighted by Gasteiger charge is -2.02. The van der Waals surface area contributed by atoms with Crippen molar-refractivity contribution in [2.75, 3.05) is 7.11 Å². The Morgan fingerprint density at radius 1 is 1.47 bits per heavy atom. The fourth-order valence-corrected chi connectivity index (χ4v) is 1.08. The Labute approximate surface area is 86.0 Å². The molecular weight excluding hydrogens is 201 g/mol. The van der Waals surface area contributed by atoms with E-state index in [1.165, 1.54) is 31.4 Å². The normalized spacial score (nSPS) is 11.2. The third-order valence-electron chi connectivity index (χ3n) is 1.70. The van der Waals surface area contributed by atoms with E-state index in [0.29, 0.717) is 5.56 Å². The summed E-state index contributed by atoms with van der Waals surface area (Å²) in [4.78, 5) is 15.0. The fraction of sp³-hybridized carbons (Fsp3) is 0.200. The van der Waals surface area contributed by atoms with Gasteiger partial charge < -0.3 is 9.94 Å². The summed E-state index contributed by atoms with van der Waals surface area (Å²) in [6, 6.07) is 5.39. The minimum Gasteiger partial charge on any atom is -0.481 e. The van der Waals surface area contributed by atoms with Crippen LogP contribution in [0.5, 0.6) is 0 Å². The topological polar surface area (TPSA) is 58.9 Å². The Morgan fingerprint density at radius 3 is 2.53 bits per heavy atom. The van der Waals surface area contributed by atoms with Gasteiger partial charge in [-0.15, -0.1) is 0 Å². The van der Waals surface area contributed by atoms with Crippen molar-refractivity contribution in [3.8, 4) is 0 Å². The van der Waals surface area contributed by atoms with E-state index in [2.05, 4.69) is 9.99 Å². The largest absolute Gasteiger partial charge is 0.481 e. The van der Waals surface area contributed by atoms with E-state index in [0.717, 1.165) is 0 Å². The molecule has 0 saturated carbocycles. The maximum atomic E-state index is 12.6. The van der Waals surface area contributed by atoms with Crippen molar-refractivity contribution >= 4 is 11.7 Å². The van der Waals surface area contributed by atoms with Gasteiger partial charge in [0.05, 0.1) is 12.1 Å². The average Bonchev–Trinajstić information content (AvgIpc) is 2.17.